The van der Waals surface area contributed by atoms with E-state index in [-0.39, 0.29) is 24.7 Å². The van der Waals surface area contributed by atoms with Crippen molar-refractivity contribution in [3.63, 3.8) is 0 Å². The Morgan fingerprint density at radius 1 is 1.19 bits per heavy atom. The lowest BCUT2D eigenvalue weighted by molar-refractivity contribution is -0.142. The van der Waals surface area contributed by atoms with Crippen molar-refractivity contribution in [2.24, 2.45) is 5.92 Å². The zero-order valence-corrected chi connectivity index (χ0v) is 13.5. The molecule has 1 saturated heterocycles. The Morgan fingerprint density at radius 2 is 1.81 bits per heavy atom. The first kappa shape index (κ1) is 17.8. The van der Waals surface area contributed by atoms with Crippen LogP contribution in [0.25, 0.3) is 0 Å². The van der Waals surface area contributed by atoms with E-state index in [0.29, 0.717) is 19.7 Å². The van der Waals surface area contributed by atoms with Gasteiger partial charge in [0.05, 0.1) is 19.3 Å². The van der Waals surface area contributed by atoms with E-state index in [1.54, 1.807) is 4.90 Å². The van der Waals surface area contributed by atoms with Gasteiger partial charge < -0.3 is 19.6 Å². The molecule has 1 aliphatic rings. The third-order valence-corrected chi connectivity index (χ3v) is 3.81. The summed E-state index contributed by atoms with van der Waals surface area (Å²) in [4.78, 5) is 27.7. The van der Waals surface area contributed by atoms with Crippen molar-refractivity contribution in [3.8, 4) is 0 Å². The lowest BCUT2D eigenvalue weighted by Gasteiger charge is -2.37. The zero-order valence-electron chi connectivity index (χ0n) is 13.5. The highest BCUT2D eigenvalue weighted by molar-refractivity contribution is 5.77. The molecule has 2 unspecified atom stereocenters. The van der Waals surface area contributed by atoms with Crippen LogP contribution in [0.5, 0.6) is 0 Å². The number of carbonyl (C=O) groups excluding carboxylic acids is 1. The number of carboxylic acids is 1. The Morgan fingerprint density at radius 3 is 2.29 bits per heavy atom. The maximum absolute atomic E-state index is 12.8. The molecule has 0 aliphatic carbocycles. The predicted molar refractivity (Wildman–Crippen MR) is 80.3 cm³/mol. The highest BCUT2D eigenvalue weighted by atomic mass is 16.5. The molecule has 2 amide bonds. The van der Waals surface area contributed by atoms with Gasteiger partial charge in [-0.05, 0) is 26.7 Å². The molecule has 0 aromatic carbocycles. The highest BCUT2D eigenvalue weighted by Crippen LogP contribution is 2.22. The molecule has 21 heavy (non-hydrogen) atoms. The summed E-state index contributed by atoms with van der Waals surface area (Å²) in [5, 5.41) is 9.30. The van der Waals surface area contributed by atoms with E-state index in [1.165, 1.54) is 0 Å². The Balaban J connectivity index is 2.93. The fraction of sp³-hybridized carbons (Fsp3) is 0.867. The summed E-state index contributed by atoms with van der Waals surface area (Å²) in [5.74, 6) is -1.52. The quantitative estimate of drug-likeness (QED) is 0.781. The molecular weight excluding hydrogens is 272 g/mol. The van der Waals surface area contributed by atoms with Crippen LogP contribution in [0.1, 0.15) is 40.5 Å². The number of rotatable bonds is 7. The molecule has 1 rings (SSSR count). The second-order valence-electron chi connectivity index (χ2n) is 5.81. The number of carbonyl (C=O) groups is 2. The number of hydrogen-bond donors (Lipinski definition) is 1. The molecule has 0 aromatic heterocycles. The summed E-state index contributed by atoms with van der Waals surface area (Å²) < 4.78 is 5.32. The molecule has 0 bridgehead atoms. The van der Waals surface area contributed by atoms with Crippen LogP contribution in [0.4, 0.5) is 4.79 Å². The number of hydrogen-bond acceptors (Lipinski definition) is 3. The van der Waals surface area contributed by atoms with Crippen LogP contribution < -0.4 is 0 Å². The second kappa shape index (κ2) is 8.22. The minimum absolute atomic E-state index is 0.0737. The summed E-state index contributed by atoms with van der Waals surface area (Å²) in [6.45, 7) is 9.72. The Bertz CT molecular complexity index is 360. The van der Waals surface area contributed by atoms with Crippen molar-refractivity contribution in [2.45, 2.75) is 52.6 Å². The average Bonchev–Trinajstić information content (AvgIpc) is 2.90. The number of nitrogens with zero attached hydrogens (tertiary/aromatic N) is 2. The number of amides is 2. The van der Waals surface area contributed by atoms with E-state index in [1.807, 2.05) is 32.6 Å². The van der Waals surface area contributed by atoms with Gasteiger partial charge in [0.1, 0.15) is 5.92 Å². The van der Waals surface area contributed by atoms with E-state index in [2.05, 4.69) is 0 Å². The normalized spacial score (nSPS) is 21.6. The van der Waals surface area contributed by atoms with Gasteiger partial charge in [0, 0.05) is 19.1 Å². The van der Waals surface area contributed by atoms with Crippen molar-refractivity contribution < 1.29 is 19.4 Å². The molecular formula is C15H28N2O4. The molecule has 122 valence electrons. The fourth-order valence-corrected chi connectivity index (χ4v) is 2.71. The van der Waals surface area contributed by atoms with Crippen molar-refractivity contribution in [2.75, 3.05) is 26.3 Å². The highest BCUT2D eigenvalue weighted by Gasteiger charge is 2.41. The van der Waals surface area contributed by atoms with Gasteiger partial charge in [0.2, 0.25) is 0 Å². The van der Waals surface area contributed by atoms with Crippen LogP contribution >= 0.6 is 0 Å². The van der Waals surface area contributed by atoms with E-state index < -0.39 is 11.9 Å². The van der Waals surface area contributed by atoms with E-state index in [0.717, 1.165) is 12.8 Å². The number of carboxylic acid groups (broad SMARTS) is 1. The third kappa shape index (κ3) is 4.33. The van der Waals surface area contributed by atoms with Gasteiger partial charge in [-0.1, -0.05) is 13.8 Å². The van der Waals surface area contributed by atoms with Crippen LogP contribution in [0.2, 0.25) is 0 Å². The van der Waals surface area contributed by atoms with Crippen molar-refractivity contribution in [1.82, 2.24) is 9.80 Å². The topological polar surface area (TPSA) is 70.1 Å². The number of ether oxygens (including phenoxy) is 1. The van der Waals surface area contributed by atoms with Crippen LogP contribution in [0.3, 0.4) is 0 Å². The monoisotopic (exact) mass is 300 g/mol. The minimum atomic E-state index is -0.891. The van der Waals surface area contributed by atoms with Gasteiger partial charge in [-0.2, -0.15) is 0 Å². The lowest BCUT2D eigenvalue weighted by atomic mass is 10.0. The summed E-state index contributed by atoms with van der Waals surface area (Å²) in [6, 6.07) is -0.342. The molecule has 1 fully saturated rings. The molecule has 1 heterocycles. The van der Waals surface area contributed by atoms with Crippen LogP contribution in [0, 0.1) is 5.92 Å². The zero-order chi connectivity index (χ0) is 16.0. The van der Waals surface area contributed by atoms with Gasteiger partial charge in [-0.15, -0.1) is 0 Å². The SMILES string of the molecule is CCCN(C(=O)N(CCC)C1COCC1C(=O)O)C(C)C. The standard InChI is InChI=1S/C15H28N2O4/c1-5-7-16(11(3)4)15(20)17(8-6-2)13-10-21-9-12(13)14(18)19/h11-13H,5-10H2,1-4H3,(H,18,19). The summed E-state index contributed by atoms with van der Waals surface area (Å²) >= 11 is 0. The molecule has 6 heteroatoms. The number of urea groups is 1. The van der Waals surface area contributed by atoms with Crippen molar-refractivity contribution in [1.29, 1.82) is 0 Å². The fourth-order valence-electron chi connectivity index (χ4n) is 2.71. The molecule has 1 aliphatic heterocycles. The van der Waals surface area contributed by atoms with Gasteiger partial charge in [0.25, 0.3) is 0 Å². The predicted octanol–water partition coefficient (Wildman–Crippen LogP) is 2.04. The van der Waals surface area contributed by atoms with Crippen molar-refractivity contribution >= 4 is 12.0 Å². The van der Waals surface area contributed by atoms with Crippen LogP contribution in [0.15, 0.2) is 0 Å². The molecule has 0 aromatic rings. The molecule has 0 spiro atoms. The van der Waals surface area contributed by atoms with Gasteiger partial charge in [0.15, 0.2) is 0 Å². The van der Waals surface area contributed by atoms with E-state index >= 15 is 0 Å². The van der Waals surface area contributed by atoms with Crippen molar-refractivity contribution in [3.05, 3.63) is 0 Å². The first-order valence-electron chi connectivity index (χ1n) is 7.81. The Hall–Kier alpha value is -1.30. The molecule has 1 N–H and O–H groups in total. The molecule has 2 atom stereocenters. The maximum atomic E-state index is 12.8. The third-order valence-electron chi connectivity index (χ3n) is 3.81. The Kier molecular flexibility index (Phi) is 6.95. The smallest absolute Gasteiger partial charge is 0.320 e. The van der Waals surface area contributed by atoms with Gasteiger partial charge >= 0.3 is 12.0 Å². The maximum Gasteiger partial charge on any atom is 0.320 e. The first-order chi connectivity index (χ1) is 9.93. The average molecular weight is 300 g/mol. The summed E-state index contributed by atoms with van der Waals surface area (Å²) in [6.07, 6.45) is 1.68. The lowest BCUT2D eigenvalue weighted by Crippen LogP contribution is -2.54. The van der Waals surface area contributed by atoms with E-state index in [9.17, 15) is 14.7 Å². The first-order valence-corrected chi connectivity index (χ1v) is 7.81. The minimum Gasteiger partial charge on any atom is -0.481 e. The molecule has 0 radical (unpaired) electrons. The molecule has 0 saturated carbocycles. The second-order valence-corrected chi connectivity index (χ2v) is 5.81. The van der Waals surface area contributed by atoms with Crippen LogP contribution in [-0.4, -0.2) is 65.3 Å². The number of aliphatic carboxylic acids is 1. The molecule has 6 nitrogen and oxygen atoms in total. The largest absolute Gasteiger partial charge is 0.481 e. The van der Waals surface area contributed by atoms with Gasteiger partial charge in [-0.25, -0.2) is 4.79 Å². The van der Waals surface area contributed by atoms with Gasteiger partial charge in [-0.3, -0.25) is 4.79 Å². The van der Waals surface area contributed by atoms with Crippen LogP contribution in [-0.2, 0) is 9.53 Å². The Labute approximate surface area is 127 Å². The summed E-state index contributed by atoms with van der Waals surface area (Å²) in [7, 11) is 0. The summed E-state index contributed by atoms with van der Waals surface area (Å²) in [5.41, 5.74) is 0. The van der Waals surface area contributed by atoms with E-state index in [4.69, 9.17) is 4.74 Å².